The monoisotopic (exact) mass is 387 g/mol. The predicted molar refractivity (Wildman–Crippen MR) is 103 cm³/mol. The Balaban J connectivity index is 1.47. The molecule has 2 fully saturated rings. The Morgan fingerprint density at radius 3 is 2.82 bits per heavy atom. The summed E-state index contributed by atoms with van der Waals surface area (Å²) in [6.07, 6.45) is 5.62. The number of anilines is 1. The number of aromatic nitrogens is 1. The number of nitrogens with one attached hydrogen (secondary N) is 1. The van der Waals surface area contributed by atoms with Crippen LogP contribution in [0.2, 0.25) is 0 Å². The molecular weight excluding hydrogens is 361 g/mol. The number of piperidine rings is 1. The number of carbonyl (C=O) groups is 1. The van der Waals surface area contributed by atoms with E-state index in [9.17, 15) is 14.3 Å². The van der Waals surface area contributed by atoms with Crippen molar-refractivity contribution in [1.29, 1.82) is 0 Å². The van der Waals surface area contributed by atoms with Crippen molar-refractivity contribution in [2.75, 3.05) is 18.0 Å². The third kappa shape index (κ3) is 4.35. The molecule has 150 valence electrons. The lowest BCUT2D eigenvalue weighted by molar-refractivity contribution is 0.0934. The molecule has 0 spiro atoms. The number of carbonyl (C=O) groups excluding carboxylic acids is 1. The van der Waals surface area contributed by atoms with Crippen molar-refractivity contribution in [2.24, 2.45) is 5.92 Å². The molecule has 1 saturated carbocycles. The molecule has 2 N–H and O–H groups in total. The molecule has 1 aliphatic carbocycles. The number of aliphatic hydroxyl groups excluding tert-OH is 1. The van der Waals surface area contributed by atoms with Gasteiger partial charge in [0.25, 0.3) is 5.91 Å². The lowest BCUT2D eigenvalue weighted by Crippen LogP contribution is -2.37. The number of rotatable bonds is 6. The first kappa shape index (κ1) is 18.9. The lowest BCUT2D eigenvalue weighted by Gasteiger charge is -2.34. The van der Waals surface area contributed by atoms with Gasteiger partial charge in [-0.25, -0.2) is 9.37 Å². The fourth-order valence-electron chi connectivity index (χ4n) is 3.69. The van der Waals surface area contributed by atoms with Gasteiger partial charge in [-0.05, 0) is 56.7 Å². The minimum absolute atomic E-state index is 0.251. The Bertz CT molecular complexity index is 841. The van der Waals surface area contributed by atoms with Crippen LogP contribution in [0, 0.1) is 11.7 Å². The first-order valence-electron chi connectivity index (χ1n) is 9.97. The molecule has 1 aliphatic heterocycles. The molecule has 6 nitrogen and oxygen atoms in total. The van der Waals surface area contributed by atoms with Gasteiger partial charge in [0.2, 0.25) is 0 Å². The summed E-state index contributed by atoms with van der Waals surface area (Å²) in [6.45, 7) is 3.24. The van der Waals surface area contributed by atoms with Crippen molar-refractivity contribution in [1.82, 2.24) is 10.3 Å². The highest BCUT2D eigenvalue weighted by molar-refractivity contribution is 5.92. The Kier molecular flexibility index (Phi) is 5.35. The molecule has 1 atom stereocenters. The lowest BCUT2D eigenvalue weighted by atomic mass is 10.0. The second-order valence-corrected chi connectivity index (χ2v) is 7.89. The van der Waals surface area contributed by atoms with E-state index in [0.29, 0.717) is 43.3 Å². The van der Waals surface area contributed by atoms with E-state index >= 15 is 0 Å². The van der Waals surface area contributed by atoms with E-state index in [1.807, 2.05) is 6.92 Å². The number of oxazole rings is 1. The second kappa shape index (κ2) is 7.91. The number of hydrogen-bond donors (Lipinski definition) is 2. The van der Waals surface area contributed by atoms with Crippen LogP contribution in [-0.2, 0) is 6.42 Å². The molecule has 0 radical (unpaired) electrons. The van der Waals surface area contributed by atoms with Gasteiger partial charge in [-0.15, -0.1) is 0 Å². The fraction of sp³-hybridized carbons (Fsp3) is 0.524. The molecule has 1 aromatic heterocycles. The quantitative estimate of drug-likeness (QED) is 0.796. The Morgan fingerprint density at radius 1 is 1.36 bits per heavy atom. The molecule has 2 aromatic rings. The van der Waals surface area contributed by atoms with Crippen LogP contribution >= 0.6 is 0 Å². The molecule has 1 saturated heterocycles. The van der Waals surface area contributed by atoms with Gasteiger partial charge in [-0.3, -0.25) is 4.79 Å². The highest BCUT2D eigenvalue weighted by Crippen LogP contribution is 2.32. The number of aliphatic hydroxyl groups is 1. The molecule has 7 heteroatoms. The summed E-state index contributed by atoms with van der Waals surface area (Å²) in [4.78, 5) is 19.0. The summed E-state index contributed by atoms with van der Waals surface area (Å²) in [6, 6.07) is 4.25. The summed E-state index contributed by atoms with van der Waals surface area (Å²) in [5, 5.41) is 12.6. The molecule has 2 aliphatic rings. The van der Waals surface area contributed by atoms with Crippen molar-refractivity contribution in [2.45, 2.75) is 51.2 Å². The van der Waals surface area contributed by atoms with E-state index in [4.69, 9.17) is 4.42 Å². The molecular formula is C21H26FN3O3. The van der Waals surface area contributed by atoms with Crippen LogP contribution in [0.4, 0.5) is 10.1 Å². The molecule has 1 amide bonds. The van der Waals surface area contributed by atoms with Gasteiger partial charge in [0.1, 0.15) is 12.1 Å². The Morgan fingerprint density at radius 2 is 2.11 bits per heavy atom. The van der Waals surface area contributed by atoms with Gasteiger partial charge in [0.15, 0.2) is 11.6 Å². The SMILES string of the molecule is CC(NC(=O)c1coc(CC2CC2)n1)c1cc(F)ccc1N1CCC(O)CC1. The van der Waals surface area contributed by atoms with Crippen molar-refractivity contribution < 1.29 is 18.7 Å². The van der Waals surface area contributed by atoms with Crippen molar-refractivity contribution in [3.63, 3.8) is 0 Å². The molecule has 28 heavy (non-hydrogen) atoms. The average Bonchev–Trinajstić information content (AvgIpc) is 3.36. The van der Waals surface area contributed by atoms with E-state index in [-0.39, 0.29) is 23.5 Å². The van der Waals surface area contributed by atoms with Crippen molar-refractivity contribution >= 4 is 11.6 Å². The van der Waals surface area contributed by atoms with Crippen molar-refractivity contribution in [3.8, 4) is 0 Å². The molecule has 1 aromatic carbocycles. The van der Waals surface area contributed by atoms with Gasteiger partial charge in [-0.1, -0.05) is 0 Å². The van der Waals surface area contributed by atoms with Gasteiger partial charge in [-0.2, -0.15) is 0 Å². The maximum atomic E-state index is 13.9. The fourth-order valence-corrected chi connectivity index (χ4v) is 3.69. The van der Waals surface area contributed by atoms with Crippen LogP contribution in [0.15, 0.2) is 28.9 Å². The Hall–Kier alpha value is -2.41. The third-order valence-corrected chi connectivity index (χ3v) is 5.55. The molecule has 1 unspecified atom stereocenters. The first-order valence-corrected chi connectivity index (χ1v) is 9.97. The topological polar surface area (TPSA) is 78.6 Å². The standard InChI is InChI=1S/C21H26FN3O3/c1-13(23-21(27)18-12-28-20(24-18)10-14-2-3-14)17-11-15(22)4-5-19(17)25-8-6-16(26)7-9-25/h4-5,11-14,16,26H,2-3,6-10H2,1H3,(H,23,27). The van der Waals surface area contributed by atoms with Crippen LogP contribution in [0.3, 0.4) is 0 Å². The van der Waals surface area contributed by atoms with Crippen LogP contribution < -0.4 is 10.2 Å². The van der Waals surface area contributed by atoms with E-state index in [1.165, 1.54) is 31.2 Å². The van der Waals surface area contributed by atoms with Gasteiger partial charge < -0.3 is 19.7 Å². The van der Waals surface area contributed by atoms with E-state index in [2.05, 4.69) is 15.2 Å². The van der Waals surface area contributed by atoms with Gasteiger partial charge in [0, 0.05) is 30.8 Å². The normalized spacial score (nSPS) is 18.9. The molecule has 0 bridgehead atoms. The highest BCUT2D eigenvalue weighted by Gasteiger charge is 2.26. The summed E-state index contributed by atoms with van der Waals surface area (Å²) in [7, 11) is 0. The van der Waals surface area contributed by atoms with Crippen molar-refractivity contribution in [3.05, 3.63) is 47.4 Å². The zero-order valence-electron chi connectivity index (χ0n) is 16.0. The summed E-state index contributed by atoms with van der Waals surface area (Å²) in [5.74, 6) is 0.553. The van der Waals surface area contributed by atoms with Crippen LogP contribution in [0.1, 0.15) is 60.6 Å². The zero-order chi connectivity index (χ0) is 19.7. The van der Waals surface area contributed by atoms with E-state index in [1.54, 1.807) is 6.07 Å². The predicted octanol–water partition coefficient (Wildman–Crippen LogP) is 3.22. The minimum Gasteiger partial charge on any atom is -0.448 e. The van der Waals surface area contributed by atoms with Crippen LogP contribution in [-0.4, -0.2) is 35.2 Å². The zero-order valence-corrected chi connectivity index (χ0v) is 16.0. The Labute approximate surface area is 163 Å². The maximum Gasteiger partial charge on any atom is 0.273 e. The third-order valence-electron chi connectivity index (χ3n) is 5.55. The number of halogens is 1. The van der Waals surface area contributed by atoms with Gasteiger partial charge in [0.05, 0.1) is 12.1 Å². The minimum atomic E-state index is -0.395. The molecule has 4 rings (SSSR count). The second-order valence-electron chi connectivity index (χ2n) is 7.89. The van der Waals surface area contributed by atoms with Crippen LogP contribution in [0.5, 0.6) is 0 Å². The average molecular weight is 387 g/mol. The molecule has 2 heterocycles. The van der Waals surface area contributed by atoms with E-state index in [0.717, 1.165) is 12.1 Å². The smallest absolute Gasteiger partial charge is 0.273 e. The highest BCUT2D eigenvalue weighted by atomic mass is 19.1. The number of nitrogens with zero attached hydrogens (tertiary/aromatic N) is 2. The number of benzene rings is 1. The number of hydrogen-bond acceptors (Lipinski definition) is 5. The maximum absolute atomic E-state index is 13.9. The first-order chi connectivity index (χ1) is 13.5. The van der Waals surface area contributed by atoms with Gasteiger partial charge >= 0.3 is 0 Å². The van der Waals surface area contributed by atoms with E-state index < -0.39 is 6.04 Å². The summed E-state index contributed by atoms with van der Waals surface area (Å²) in [5.41, 5.74) is 1.85. The largest absolute Gasteiger partial charge is 0.448 e. The van der Waals surface area contributed by atoms with Crippen LogP contribution in [0.25, 0.3) is 0 Å². The number of amides is 1. The summed E-state index contributed by atoms with van der Waals surface area (Å²) < 4.78 is 19.3. The summed E-state index contributed by atoms with van der Waals surface area (Å²) >= 11 is 0.